The molecular weight excluding hydrogens is 242 g/mol. The van der Waals surface area contributed by atoms with Gasteiger partial charge in [-0.25, -0.2) is 13.1 Å². The van der Waals surface area contributed by atoms with Gasteiger partial charge in [0.2, 0.25) is 15.9 Å². The number of rotatable bonds is 10. The van der Waals surface area contributed by atoms with Crippen molar-refractivity contribution < 1.29 is 13.2 Å². The van der Waals surface area contributed by atoms with Crippen LogP contribution in [-0.2, 0) is 14.8 Å². The van der Waals surface area contributed by atoms with Crippen LogP contribution in [0.5, 0.6) is 0 Å². The summed E-state index contributed by atoms with van der Waals surface area (Å²) in [4.78, 5) is 12.8. The zero-order valence-electron chi connectivity index (χ0n) is 10.6. The number of amides is 1. The van der Waals surface area contributed by atoms with E-state index in [1.807, 2.05) is 4.90 Å². The first kappa shape index (κ1) is 16.3. The van der Waals surface area contributed by atoms with Crippen LogP contribution < -0.4 is 10.5 Å². The molecule has 3 N–H and O–H groups in total. The van der Waals surface area contributed by atoms with Crippen molar-refractivity contribution in [2.24, 2.45) is 5.73 Å². The van der Waals surface area contributed by atoms with E-state index in [4.69, 9.17) is 5.73 Å². The van der Waals surface area contributed by atoms with Gasteiger partial charge in [-0.2, -0.15) is 0 Å². The molecular formula is C10H23N3O3S. The molecule has 0 aromatic carbocycles. The number of unbranched alkanes of at least 4 members (excludes halogenated alkanes) is 1. The summed E-state index contributed by atoms with van der Waals surface area (Å²) in [6.07, 6.45) is 3.86. The van der Waals surface area contributed by atoms with Crippen LogP contribution >= 0.6 is 0 Å². The Morgan fingerprint density at radius 3 is 2.35 bits per heavy atom. The number of sulfonamides is 1. The Balaban J connectivity index is 3.86. The molecule has 0 saturated heterocycles. The first-order valence-corrected chi connectivity index (χ1v) is 7.69. The molecule has 0 aliphatic heterocycles. The van der Waals surface area contributed by atoms with Crippen LogP contribution in [0, 0.1) is 0 Å². The average Bonchev–Trinajstić information content (AvgIpc) is 2.18. The Hall–Kier alpha value is -0.660. The van der Waals surface area contributed by atoms with Gasteiger partial charge in [0.1, 0.15) is 0 Å². The highest BCUT2D eigenvalue weighted by Crippen LogP contribution is 1.96. The highest BCUT2D eigenvalue weighted by molar-refractivity contribution is 7.88. The van der Waals surface area contributed by atoms with Crippen LogP contribution in [0.2, 0.25) is 0 Å². The first-order chi connectivity index (χ1) is 7.85. The molecule has 17 heavy (non-hydrogen) atoms. The smallest absolute Gasteiger partial charge is 0.231 e. The second-order valence-corrected chi connectivity index (χ2v) is 5.95. The van der Waals surface area contributed by atoms with E-state index in [9.17, 15) is 13.2 Å². The lowest BCUT2D eigenvalue weighted by atomic mass is 10.3. The van der Waals surface area contributed by atoms with E-state index in [-0.39, 0.29) is 12.5 Å². The van der Waals surface area contributed by atoms with Gasteiger partial charge in [-0.1, -0.05) is 13.3 Å². The minimum absolute atomic E-state index is 0.235. The first-order valence-electron chi connectivity index (χ1n) is 5.80. The topological polar surface area (TPSA) is 92.5 Å². The van der Waals surface area contributed by atoms with Crippen LogP contribution in [0.25, 0.3) is 0 Å². The molecule has 0 rings (SSSR count). The quantitative estimate of drug-likeness (QED) is 0.521. The monoisotopic (exact) mass is 265 g/mol. The number of nitrogens with one attached hydrogen (secondary N) is 1. The zero-order chi connectivity index (χ0) is 13.3. The summed E-state index contributed by atoms with van der Waals surface area (Å²) >= 11 is 0. The van der Waals surface area contributed by atoms with Gasteiger partial charge < -0.3 is 5.73 Å². The summed E-state index contributed by atoms with van der Waals surface area (Å²) < 4.78 is 24.1. The molecule has 1 amide bonds. The van der Waals surface area contributed by atoms with E-state index in [1.165, 1.54) is 0 Å². The number of carbonyl (C=O) groups is 1. The Morgan fingerprint density at radius 1 is 1.29 bits per heavy atom. The third-order valence-electron chi connectivity index (χ3n) is 2.22. The van der Waals surface area contributed by atoms with Crippen LogP contribution in [0.15, 0.2) is 0 Å². The van der Waals surface area contributed by atoms with Gasteiger partial charge in [0.05, 0.1) is 12.8 Å². The number of hydrogen-bond acceptors (Lipinski definition) is 4. The van der Waals surface area contributed by atoms with E-state index in [0.717, 1.165) is 25.6 Å². The van der Waals surface area contributed by atoms with Crippen molar-refractivity contribution in [3.63, 3.8) is 0 Å². The molecule has 0 radical (unpaired) electrons. The van der Waals surface area contributed by atoms with Crippen molar-refractivity contribution >= 4 is 15.9 Å². The number of primary amides is 1. The predicted octanol–water partition coefficient (Wildman–Crippen LogP) is -0.487. The Morgan fingerprint density at radius 2 is 1.88 bits per heavy atom. The van der Waals surface area contributed by atoms with Gasteiger partial charge in [0, 0.05) is 6.54 Å². The third kappa shape index (κ3) is 11.6. The van der Waals surface area contributed by atoms with Crippen LogP contribution in [0.1, 0.15) is 26.2 Å². The molecule has 0 bridgehead atoms. The lowest BCUT2D eigenvalue weighted by molar-refractivity contribution is -0.119. The van der Waals surface area contributed by atoms with Crippen molar-refractivity contribution in [1.29, 1.82) is 0 Å². The van der Waals surface area contributed by atoms with Gasteiger partial charge >= 0.3 is 0 Å². The fourth-order valence-electron chi connectivity index (χ4n) is 1.43. The van der Waals surface area contributed by atoms with Crippen LogP contribution in [0.3, 0.4) is 0 Å². The molecule has 0 aliphatic carbocycles. The summed E-state index contributed by atoms with van der Waals surface area (Å²) in [5.74, 6) is -0.350. The summed E-state index contributed by atoms with van der Waals surface area (Å²) in [6.45, 7) is 4.19. The van der Waals surface area contributed by atoms with Crippen molar-refractivity contribution in [3.05, 3.63) is 0 Å². The molecule has 0 saturated carbocycles. The fraction of sp³-hybridized carbons (Fsp3) is 0.900. The molecule has 7 heteroatoms. The van der Waals surface area contributed by atoms with E-state index in [0.29, 0.717) is 19.5 Å². The summed E-state index contributed by atoms with van der Waals surface area (Å²) in [5.41, 5.74) is 5.15. The third-order valence-corrected chi connectivity index (χ3v) is 2.95. The number of carbonyl (C=O) groups excluding carboxylic acids is 1. The molecule has 102 valence electrons. The normalized spacial score (nSPS) is 11.9. The van der Waals surface area contributed by atoms with Gasteiger partial charge in [-0.3, -0.25) is 9.69 Å². The second-order valence-electron chi connectivity index (χ2n) is 4.12. The molecule has 0 heterocycles. The van der Waals surface area contributed by atoms with Crippen LogP contribution in [0.4, 0.5) is 0 Å². The van der Waals surface area contributed by atoms with Gasteiger partial charge in [0.15, 0.2) is 0 Å². The maximum absolute atomic E-state index is 10.8. The molecule has 0 aromatic heterocycles. The Labute approximate surface area is 104 Å². The minimum Gasteiger partial charge on any atom is -0.369 e. The summed E-state index contributed by atoms with van der Waals surface area (Å²) in [7, 11) is -3.12. The maximum atomic E-state index is 10.8. The molecule has 0 aromatic rings. The van der Waals surface area contributed by atoms with E-state index in [2.05, 4.69) is 11.6 Å². The Kier molecular flexibility index (Phi) is 8.11. The molecule has 0 unspecified atom stereocenters. The summed E-state index contributed by atoms with van der Waals surface area (Å²) in [5, 5.41) is 0. The second kappa shape index (κ2) is 8.43. The highest BCUT2D eigenvalue weighted by atomic mass is 32.2. The van der Waals surface area contributed by atoms with E-state index < -0.39 is 10.0 Å². The lowest BCUT2D eigenvalue weighted by Gasteiger charge is -2.20. The average molecular weight is 265 g/mol. The maximum Gasteiger partial charge on any atom is 0.231 e. The van der Waals surface area contributed by atoms with Crippen LogP contribution in [-0.4, -0.2) is 51.7 Å². The van der Waals surface area contributed by atoms with Crippen molar-refractivity contribution in [2.45, 2.75) is 26.2 Å². The highest BCUT2D eigenvalue weighted by Gasteiger charge is 2.07. The van der Waals surface area contributed by atoms with Crippen molar-refractivity contribution in [2.75, 3.05) is 32.4 Å². The Bertz CT molecular complexity index is 317. The molecule has 0 spiro atoms. The molecule has 0 aliphatic rings. The number of hydrogen-bond donors (Lipinski definition) is 2. The fourth-order valence-corrected chi connectivity index (χ4v) is 1.95. The lowest BCUT2D eigenvalue weighted by Crippen LogP contribution is -2.36. The standard InChI is InChI=1S/C10H23N3O3S/c1-3-4-7-13(9-10(11)14)8-5-6-12-17(2,15)16/h12H,3-9H2,1-2H3,(H2,11,14). The van der Waals surface area contributed by atoms with Gasteiger partial charge in [-0.05, 0) is 25.9 Å². The minimum atomic E-state index is -3.12. The van der Waals surface area contributed by atoms with Crippen molar-refractivity contribution in [3.8, 4) is 0 Å². The van der Waals surface area contributed by atoms with Crippen molar-refractivity contribution in [1.82, 2.24) is 9.62 Å². The molecule has 6 nitrogen and oxygen atoms in total. The molecule has 0 fully saturated rings. The van der Waals surface area contributed by atoms with E-state index in [1.54, 1.807) is 0 Å². The van der Waals surface area contributed by atoms with Gasteiger partial charge in [0.25, 0.3) is 0 Å². The van der Waals surface area contributed by atoms with E-state index >= 15 is 0 Å². The largest absolute Gasteiger partial charge is 0.369 e. The SMILES string of the molecule is CCCCN(CCCNS(C)(=O)=O)CC(N)=O. The zero-order valence-corrected chi connectivity index (χ0v) is 11.4. The summed E-state index contributed by atoms with van der Waals surface area (Å²) in [6, 6.07) is 0. The number of nitrogens with zero attached hydrogens (tertiary/aromatic N) is 1. The van der Waals surface area contributed by atoms with Gasteiger partial charge in [-0.15, -0.1) is 0 Å². The number of nitrogens with two attached hydrogens (primary N) is 1. The molecule has 0 atom stereocenters. The predicted molar refractivity (Wildman–Crippen MR) is 68.0 cm³/mol.